The molecule has 3 heterocycles. The molecule has 2 fully saturated rings. The first kappa shape index (κ1) is 18.2. The van der Waals surface area contributed by atoms with Gasteiger partial charge in [-0.05, 0) is 44.6 Å². The molecule has 3 aromatic rings. The summed E-state index contributed by atoms with van der Waals surface area (Å²) in [5, 5.41) is 12.5. The predicted molar refractivity (Wildman–Crippen MR) is 107 cm³/mol. The summed E-state index contributed by atoms with van der Waals surface area (Å²) in [6.07, 6.45) is 7.66. The van der Waals surface area contributed by atoms with Gasteiger partial charge in [-0.2, -0.15) is 19.7 Å². The molecule has 0 radical (unpaired) electrons. The highest BCUT2D eigenvalue weighted by molar-refractivity contribution is 5.45. The first-order valence-corrected chi connectivity index (χ1v) is 10.3. The smallest absolute Gasteiger partial charge is 0.267 e. The molecule has 0 amide bonds. The van der Waals surface area contributed by atoms with Crippen LogP contribution in [-0.4, -0.2) is 42.5 Å². The number of hydrogen-bond acceptors (Lipinski definition) is 7. The second-order valence-corrected chi connectivity index (χ2v) is 8.00. The molecule has 2 aliphatic carbocycles. The third kappa shape index (κ3) is 3.74. The van der Waals surface area contributed by atoms with E-state index < -0.39 is 0 Å². The van der Waals surface area contributed by atoms with Crippen LogP contribution in [0.5, 0.6) is 0 Å². The van der Waals surface area contributed by atoms with E-state index in [0.717, 1.165) is 42.9 Å². The molecule has 0 bridgehead atoms. The van der Waals surface area contributed by atoms with E-state index in [1.807, 2.05) is 12.1 Å². The van der Waals surface area contributed by atoms with Gasteiger partial charge in [0.05, 0.1) is 24.0 Å². The first-order valence-electron chi connectivity index (χ1n) is 10.3. The second-order valence-electron chi connectivity index (χ2n) is 8.00. The van der Waals surface area contributed by atoms with Crippen molar-refractivity contribution in [1.29, 1.82) is 0 Å². The molecule has 0 aromatic carbocycles. The lowest BCUT2D eigenvalue weighted by atomic mass is 9.91. The number of aromatic nitrogens is 6. The van der Waals surface area contributed by atoms with Crippen LogP contribution in [0, 0.1) is 0 Å². The average Bonchev–Trinajstić information content (AvgIpc) is 3.47. The summed E-state index contributed by atoms with van der Waals surface area (Å²) in [5.74, 6) is 1.98. The van der Waals surface area contributed by atoms with Crippen molar-refractivity contribution in [3.63, 3.8) is 0 Å². The number of nitrogens with zero attached hydrogens (tertiary/aromatic N) is 6. The third-order valence-electron chi connectivity index (χ3n) is 5.83. The van der Waals surface area contributed by atoms with E-state index in [-0.39, 0.29) is 11.6 Å². The first-order chi connectivity index (χ1) is 14.2. The van der Waals surface area contributed by atoms with Crippen LogP contribution >= 0.6 is 0 Å². The minimum Gasteiger partial charge on any atom is -0.378 e. The molecule has 9 nitrogen and oxygen atoms in total. The fraction of sp³-hybridized carbons (Fsp3) is 0.550. The van der Waals surface area contributed by atoms with Gasteiger partial charge in [0.15, 0.2) is 0 Å². The van der Waals surface area contributed by atoms with Crippen molar-refractivity contribution in [2.24, 2.45) is 0 Å². The molecule has 1 N–H and O–H groups in total. The van der Waals surface area contributed by atoms with Crippen LogP contribution in [0.2, 0.25) is 0 Å². The largest absolute Gasteiger partial charge is 0.378 e. The molecule has 0 atom stereocenters. The monoisotopic (exact) mass is 395 g/mol. The number of nitrogens with one attached hydrogen (secondary N) is 1. The highest BCUT2D eigenvalue weighted by Crippen LogP contribution is 2.38. The lowest BCUT2D eigenvalue weighted by molar-refractivity contribution is 0.181. The Hall–Kier alpha value is -2.81. The zero-order valence-corrected chi connectivity index (χ0v) is 16.5. The Bertz CT molecular complexity index is 1060. The van der Waals surface area contributed by atoms with E-state index in [1.165, 1.54) is 19.2 Å². The van der Waals surface area contributed by atoms with E-state index in [0.29, 0.717) is 24.3 Å². The maximum absolute atomic E-state index is 12.3. The summed E-state index contributed by atoms with van der Waals surface area (Å²) in [5.41, 5.74) is 1.89. The highest BCUT2D eigenvalue weighted by atomic mass is 16.5. The van der Waals surface area contributed by atoms with Crippen LogP contribution < -0.4 is 10.9 Å². The van der Waals surface area contributed by atoms with Gasteiger partial charge >= 0.3 is 0 Å². The van der Waals surface area contributed by atoms with Gasteiger partial charge in [-0.1, -0.05) is 0 Å². The number of anilines is 1. The van der Waals surface area contributed by atoms with Crippen molar-refractivity contribution in [3.8, 4) is 0 Å². The standard InChI is InChI=1S/C20H25N7O2/c1-29-11-15-10-18(27-20(24-15)21-12-22-27)23-14-4-6-16(7-5-14)26-19(28)9-8-17(25-26)13-2-3-13/h8-10,12-14,16,23H,2-7,11H2,1H3. The molecule has 152 valence electrons. The van der Waals surface area contributed by atoms with E-state index in [4.69, 9.17) is 4.74 Å². The van der Waals surface area contributed by atoms with E-state index >= 15 is 0 Å². The van der Waals surface area contributed by atoms with E-state index in [2.05, 4.69) is 25.5 Å². The Kier molecular flexibility index (Phi) is 4.75. The summed E-state index contributed by atoms with van der Waals surface area (Å²) in [6, 6.07) is 6.02. The normalized spacial score (nSPS) is 22.1. The summed E-state index contributed by atoms with van der Waals surface area (Å²) in [6.45, 7) is 0.427. The quantitative estimate of drug-likeness (QED) is 0.684. The van der Waals surface area contributed by atoms with Crippen molar-refractivity contribution in [3.05, 3.63) is 46.3 Å². The van der Waals surface area contributed by atoms with Gasteiger partial charge in [-0.15, -0.1) is 0 Å². The van der Waals surface area contributed by atoms with Gasteiger partial charge in [0.2, 0.25) is 0 Å². The molecule has 0 saturated heterocycles. The van der Waals surface area contributed by atoms with Crippen molar-refractivity contribution in [2.75, 3.05) is 12.4 Å². The van der Waals surface area contributed by atoms with Gasteiger partial charge in [0, 0.05) is 31.2 Å². The van der Waals surface area contributed by atoms with Crippen LogP contribution in [0.4, 0.5) is 5.82 Å². The minimum atomic E-state index is 0.00785. The summed E-state index contributed by atoms with van der Waals surface area (Å²) >= 11 is 0. The molecule has 2 saturated carbocycles. The SMILES string of the molecule is COCc1cc(NC2CCC(n3nc(C4CC4)ccc3=O)CC2)n2ncnc2n1. The Morgan fingerprint density at radius 1 is 1.17 bits per heavy atom. The number of rotatable bonds is 6. The van der Waals surface area contributed by atoms with Crippen LogP contribution in [0.25, 0.3) is 5.78 Å². The molecular formula is C20H25N7O2. The fourth-order valence-electron chi connectivity index (χ4n) is 4.16. The molecular weight excluding hydrogens is 370 g/mol. The Morgan fingerprint density at radius 3 is 2.76 bits per heavy atom. The number of fused-ring (bicyclic) bond motifs is 1. The lowest BCUT2D eigenvalue weighted by Crippen LogP contribution is -2.33. The lowest BCUT2D eigenvalue weighted by Gasteiger charge is -2.30. The van der Waals surface area contributed by atoms with Crippen molar-refractivity contribution < 1.29 is 4.74 Å². The van der Waals surface area contributed by atoms with Crippen molar-refractivity contribution in [1.82, 2.24) is 29.4 Å². The van der Waals surface area contributed by atoms with Crippen molar-refractivity contribution in [2.45, 2.75) is 63.1 Å². The summed E-state index contributed by atoms with van der Waals surface area (Å²) < 4.78 is 8.66. The summed E-state index contributed by atoms with van der Waals surface area (Å²) in [7, 11) is 1.65. The zero-order chi connectivity index (χ0) is 19.8. The molecule has 0 aliphatic heterocycles. The summed E-state index contributed by atoms with van der Waals surface area (Å²) in [4.78, 5) is 21.0. The topological polar surface area (TPSA) is 99.2 Å². The average molecular weight is 395 g/mol. The number of ether oxygens (including phenoxy) is 1. The predicted octanol–water partition coefficient (Wildman–Crippen LogP) is 2.30. The Morgan fingerprint density at radius 2 is 2.00 bits per heavy atom. The molecule has 9 heteroatoms. The fourth-order valence-corrected chi connectivity index (χ4v) is 4.16. The van der Waals surface area contributed by atoms with E-state index in [9.17, 15) is 4.79 Å². The zero-order valence-electron chi connectivity index (χ0n) is 16.5. The van der Waals surface area contributed by atoms with E-state index in [1.54, 1.807) is 22.4 Å². The van der Waals surface area contributed by atoms with Gasteiger partial charge in [-0.3, -0.25) is 4.79 Å². The molecule has 0 spiro atoms. The van der Waals surface area contributed by atoms with Crippen LogP contribution in [0.1, 0.15) is 61.9 Å². The Balaban J connectivity index is 1.29. The molecule has 3 aromatic heterocycles. The third-order valence-corrected chi connectivity index (χ3v) is 5.83. The second kappa shape index (κ2) is 7.55. The minimum absolute atomic E-state index is 0.00785. The number of hydrogen-bond donors (Lipinski definition) is 1. The van der Waals surface area contributed by atoms with Crippen LogP contribution in [-0.2, 0) is 11.3 Å². The van der Waals surface area contributed by atoms with Crippen LogP contribution in [0.15, 0.2) is 29.3 Å². The molecule has 5 rings (SSSR count). The highest BCUT2D eigenvalue weighted by Gasteiger charge is 2.28. The maximum Gasteiger partial charge on any atom is 0.267 e. The number of methoxy groups -OCH3 is 1. The van der Waals surface area contributed by atoms with Crippen molar-refractivity contribution >= 4 is 11.6 Å². The molecule has 0 unspecified atom stereocenters. The van der Waals surface area contributed by atoms with Gasteiger partial charge < -0.3 is 10.1 Å². The molecule has 2 aliphatic rings. The maximum atomic E-state index is 12.3. The van der Waals surface area contributed by atoms with Gasteiger partial charge in [0.1, 0.15) is 12.1 Å². The van der Waals surface area contributed by atoms with Gasteiger partial charge in [0.25, 0.3) is 11.3 Å². The Labute approximate surface area is 168 Å². The van der Waals surface area contributed by atoms with Gasteiger partial charge in [-0.25, -0.2) is 9.67 Å². The molecule has 29 heavy (non-hydrogen) atoms. The van der Waals surface area contributed by atoms with Crippen LogP contribution in [0.3, 0.4) is 0 Å².